The molecule has 0 spiro atoms. The number of anilines is 2. The highest BCUT2D eigenvalue weighted by Crippen LogP contribution is 2.29. The second-order valence-corrected chi connectivity index (χ2v) is 9.18. The number of carbonyl (C=O) groups is 1. The van der Waals surface area contributed by atoms with Gasteiger partial charge in [0.05, 0.1) is 10.7 Å². The molecule has 0 saturated heterocycles. The minimum atomic E-state index is -0.660. The van der Waals surface area contributed by atoms with E-state index in [1.165, 1.54) is 18.2 Å². The smallest absolute Gasteiger partial charge is 0.323 e. The van der Waals surface area contributed by atoms with Crippen molar-refractivity contribution in [1.82, 2.24) is 24.6 Å². The molecule has 2 amide bonds. The van der Waals surface area contributed by atoms with Crippen LogP contribution in [0, 0.1) is 5.82 Å². The van der Waals surface area contributed by atoms with Gasteiger partial charge in [0.15, 0.2) is 17.4 Å². The molecule has 0 radical (unpaired) electrons. The molecule has 0 aliphatic carbocycles. The van der Waals surface area contributed by atoms with Crippen molar-refractivity contribution in [3.05, 3.63) is 76.9 Å². The van der Waals surface area contributed by atoms with Crippen LogP contribution >= 0.6 is 23.2 Å². The summed E-state index contributed by atoms with van der Waals surface area (Å²) in [7, 11) is 4.03. The van der Waals surface area contributed by atoms with E-state index in [0.29, 0.717) is 28.0 Å². The van der Waals surface area contributed by atoms with Gasteiger partial charge in [-0.15, -0.1) is 10.2 Å². The molecule has 0 aliphatic heterocycles. The molecule has 9 nitrogen and oxygen atoms in total. The zero-order valence-electron chi connectivity index (χ0n) is 20.1. The van der Waals surface area contributed by atoms with Gasteiger partial charge in [0.2, 0.25) is 0 Å². The Hall–Kier alpha value is -3.73. The Labute approximate surface area is 223 Å². The third-order valence-corrected chi connectivity index (χ3v) is 5.73. The van der Waals surface area contributed by atoms with E-state index in [9.17, 15) is 9.18 Å². The Morgan fingerprint density at radius 3 is 2.70 bits per heavy atom. The zero-order valence-corrected chi connectivity index (χ0v) is 21.6. The van der Waals surface area contributed by atoms with Gasteiger partial charge >= 0.3 is 6.03 Å². The largest absolute Gasteiger partial charge is 0.454 e. The lowest BCUT2D eigenvalue weighted by Crippen LogP contribution is -2.19. The Morgan fingerprint density at radius 2 is 1.95 bits per heavy atom. The van der Waals surface area contributed by atoms with Crippen molar-refractivity contribution in [3.63, 3.8) is 0 Å². The molecule has 0 atom stereocenters. The number of ether oxygens (including phenoxy) is 1. The van der Waals surface area contributed by atoms with E-state index in [-0.39, 0.29) is 16.5 Å². The van der Waals surface area contributed by atoms with Crippen molar-refractivity contribution < 1.29 is 13.9 Å². The first-order valence-corrected chi connectivity index (χ1v) is 12.0. The van der Waals surface area contributed by atoms with Crippen molar-refractivity contribution in [2.75, 3.05) is 31.3 Å². The average Bonchev–Trinajstić information content (AvgIpc) is 3.31. The van der Waals surface area contributed by atoms with Crippen LogP contribution in [-0.4, -0.2) is 51.3 Å². The molecule has 4 rings (SSSR count). The summed E-state index contributed by atoms with van der Waals surface area (Å²) in [5.41, 5.74) is 1.15. The monoisotopic (exact) mass is 543 g/mol. The normalized spacial score (nSPS) is 11.0. The zero-order chi connectivity index (χ0) is 26.4. The maximum Gasteiger partial charge on any atom is 0.323 e. The lowest BCUT2D eigenvalue weighted by molar-refractivity contribution is 0.262. The van der Waals surface area contributed by atoms with E-state index < -0.39 is 11.8 Å². The van der Waals surface area contributed by atoms with Gasteiger partial charge in [-0.25, -0.2) is 9.18 Å². The number of nitrogens with zero attached hydrogens (tertiary/aromatic N) is 5. The maximum atomic E-state index is 14.8. The lowest BCUT2D eigenvalue weighted by Gasteiger charge is -2.12. The van der Waals surface area contributed by atoms with E-state index in [4.69, 9.17) is 27.9 Å². The van der Waals surface area contributed by atoms with E-state index in [2.05, 4.69) is 30.7 Å². The van der Waals surface area contributed by atoms with Crippen molar-refractivity contribution >= 4 is 40.6 Å². The van der Waals surface area contributed by atoms with Gasteiger partial charge in [-0.3, -0.25) is 4.98 Å². The summed E-state index contributed by atoms with van der Waals surface area (Å²) in [6, 6.07) is 11.4. The fourth-order valence-electron chi connectivity index (χ4n) is 3.44. The van der Waals surface area contributed by atoms with Crippen molar-refractivity contribution in [2.45, 2.75) is 13.0 Å². The van der Waals surface area contributed by atoms with Crippen LogP contribution in [0.1, 0.15) is 6.42 Å². The second-order valence-electron chi connectivity index (χ2n) is 8.33. The molecular formula is C25H24Cl2FN7O2. The molecule has 37 heavy (non-hydrogen) atoms. The summed E-state index contributed by atoms with van der Waals surface area (Å²) in [6.45, 7) is 1.66. The lowest BCUT2D eigenvalue weighted by atomic mass is 10.2. The molecule has 2 N–H and O–H groups in total. The fourth-order valence-corrected chi connectivity index (χ4v) is 3.89. The van der Waals surface area contributed by atoms with Gasteiger partial charge in [0.1, 0.15) is 17.8 Å². The van der Waals surface area contributed by atoms with Crippen molar-refractivity contribution in [2.24, 2.45) is 0 Å². The minimum absolute atomic E-state index is 0.0173. The van der Waals surface area contributed by atoms with Gasteiger partial charge in [-0.2, -0.15) is 0 Å². The summed E-state index contributed by atoms with van der Waals surface area (Å²) >= 11 is 11.9. The summed E-state index contributed by atoms with van der Waals surface area (Å²) in [5, 5.41) is 14.0. The predicted molar refractivity (Wildman–Crippen MR) is 142 cm³/mol. The topological polar surface area (TPSA) is 97.2 Å². The first kappa shape index (κ1) is 26.3. The first-order chi connectivity index (χ1) is 17.8. The second kappa shape index (κ2) is 12.0. The maximum absolute atomic E-state index is 14.8. The number of nitrogens with one attached hydrogen (secondary N) is 2. The predicted octanol–water partition coefficient (Wildman–Crippen LogP) is 6.17. The highest BCUT2D eigenvalue weighted by atomic mass is 35.5. The number of rotatable bonds is 9. The van der Waals surface area contributed by atoms with Crippen LogP contribution in [0.2, 0.25) is 10.0 Å². The molecule has 4 aromatic rings. The number of amides is 2. The molecule has 0 unspecified atom stereocenters. The van der Waals surface area contributed by atoms with E-state index in [0.717, 1.165) is 25.6 Å². The van der Waals surface area contributed by atoms with Crippen LogP contribution < -0.4 is 15.4 Å². The molecule has 0 aliphatic rings. The van der Waals surface area contributed by atoms with Gasteiger partial charge in [-0.05, 0) is 63.5 Å². The number of hydrogen-bond donors (Lipinski definition) is 2. The van der Waals surface area contributed by atoms with E-state index >= 15 is 0 Å². The number of hydrogen-bond acceptors (Lipinski definition) is 6. The van der Waals surface area contributed by atoms with Crippen LogP contribution in [0.15, 0.2) is 61.1 Å². The number of aryl methyl sites for hydroxylation is 1. The van der Waals surface area contributed by atoms with Crippen LogP contribution in [0.4, 0.5) is 20.6 Å². The third-order valence-electron chi connectivity index (χ3n) is 5.18. The van der Waals surface area contributed by atoms with Crippen LogP contribution in [0.3, 0.4) is 0 Å². The van der Waals surface area contributed by atoms with Crippen molar-refractivity contribution in [3.8, 4) is 23.0 Å². The Morgan fingerprint density at radius 1 is 1.11 bits per heavy atom. The Bertz CT molecular complexity index is 1400. The molecule has 2 aromatic heterocycles. The van der Waals surface area contributed by atoms with Crippen LogP contribution in [0.5, 0.6) is 11.5 Å². The van der Waals surface area contributed by atoms with Crippen LogP contribution in [0.25, 0.3) is 11.5 Å². The number of aromatic nitrogens is 4. The van der Waals surface area contributed by atoms with Crippen molar-refractivity contribution in [1.29, 1.82) is 0 Å². The Balaban J connectivity index is 1.41. The summed E-state index contributed by atoms with van der Waals surface area (Å²) < 4.78 is 22.4. The van der Waals surface area contributed by atoms with E-state index in [1.807, 2.05) is 18.7 Å². The SMILES string of the molecule is CN(C)CCCn1cnnc1-c1cc(Oc2ccc(NC(=O)Nc3ccc(Cl)cc3Cl)cc2F)ccn1. The number of carbonyl (C=O) groups excluding carboxylic acids is 1. The van der Waals surface area contributed by atoms with Crippen LogP contribution in [-0.2, 0) is 6.54 Å². The summed E-state index contributed by atoms with van der Waals surface area (Å²) in [6.07, 6.45) is 4.14. The van der Waals surface area contributed by atoms with Gasteiger partial charge in [0, 0.05) is 35.6 Å². The molecular weight excluding hydrogens is 520 g/mol. The summed E-state index contributed by atoms with van der Waals surface area (Å²) in [5.74, 6) is 0.294. The van der Waals surface area contributed by atoms with Gasteiger partial charge in [0.25, 0.3) is 0 Å². The molecule has 2 aromatic carbocycles. The Kier molecular flexibility index (Phi) is 8.54. The first-order valence-electron chi connectivity index (χ1n) is 11.3. The molecule has 0 fully saturated rings. The molecule has 2 heterocycles. The van der Waals surface area contributed by atoms with Gasteiger partial charge < -0.3 is 24.8 Å². The van der Waals surface area contributed by atoms with Gasteiger partial charge in [-0.1, -0.05) is 23.2 Å². The highest BCUT2D eigenvalue weighted by Gasteiger charge is 2.13. The summed E-state index contributed by atoms with van der Waals surface area (Å²) in [4.78, 5) is 18.8. The number of pyridine rings is 1. The quantitative estimate of drug-likeness (QED) is 0.262. The number of halogens is 3. The standard InChI is InChI=1S/C25H24Cl2FN7O2/c1-34(2)10-3-11-35-15-30-33-24(35)22-14-18(8-9-29-22)37-23-7-5-17(13-20(23)28)31-25(36)32-21-6-4-16(26)12-19(21)27/h4-9,12-15H,3,10-11H2,1-2H3,(H2,31,32,36). The third kappa shape index (κ3) is 7.16. The molecule has 192 valence electrons. The molecule has 12 heteroatoms. The molecule has 0 saturated carbocycles. The number of urea groups is 1. The average molecular weight is 544 g/mol. The molecule has 0 bridgehead atoms. The number of benzene rings is 2. The highest BCUT2D eigenvalue weighted by molar-refractivity contribution is 6.36. The fraction of sp³-hybridized carbons (Fsp3) is 0.200. The minimum Gasteiger partial charge on any atom is -0.454 e. The van der Waals surface area contributed by atoms with E-state index in [1.54, 1.807) is 36.8 Å².